The van der Waals surface area contributed by atoms with Gasteiger partial charge in [-0.05, 0) is 74.6 Å². The summed E-state index contributed by atoms with van der Waals surface area (Å²) in [5, 5.41) is 21.6. The lowest BCUT2D eigenvalue weighted by Gasteiger charge is -2.26. The largest absolute Gasteiger partial charge is 0.485 e. The van der Waals surface area contributed by atoms with Crippen LogP contribution in [0.1, 0.15) is 69.2 Å². The number of halogens is 2. The smallest absolute Gasteiger partial charge is 0.228 e. The Bertz CT molecular complexity index is 1140. The van der Waals surface area contributed by atoms with Crippen LogP contribution in [0.5, 0.6) is 5.75 Å². The predicted molar refractivity (Wildman–Crippen MR) is 137 cm³/mol. The molecule has 34 heavy (non-hydrogen) atoms. The lowest BCUT2D eigenvalue weighted by atomic mass is 9.91. The van der Waals surface area contributed by atoms with Crippen molar-refractivity contribution in [3.63, 3.8) is 0 Å². The second-order valence-electron chi connectivity index (χ2n) is 9.78. The highest BCUT2D eigenvalue weighted by Crippen LogP contribution is 2.36. The molecule has 3 rings (SSSR count). The van der Waals surface area contributed by atoms with Gasteiger partial charge in [-0.2, -0.15) is 0 Å². The van der Waals surface area contributed by atoms with Crippen LogP contribution < -0.4 is 4.74 Å². The first kappa shape index (κ1) is 26.6. The topological polar surface area (TPSA) is 75.7 Å². The Morgan fingerprint density at radius 2 is 1.79 bits per heavy atom. The molecule has 0 fully saturated rings. The summed E-state index contributed by atoms with van der Waals surface area (Å²) in [5.41, 5.74) is 2.51. The van der Waals surface area contributed by atoms with Crippen molar-refractivity contribution >= 4 is 23.2 Å². The molecule has 2 aromatic carbocycles. The van der Waals surface area contributed by atoms with Crippen LogP contribution in [0.15, 0.2) is 40.8 Å². The number of benzene rings is 2. The average Bonchev–Trinajstić information content (AvgIpc) is 3.18. The van der Waals surface area contributed by atoms with Crippen molar-refractivity contribution in [3.05, 3.63) is 69.0 Å². The third-order valence-corrected chi connectivity index (χ3v) is 6.32. The Kier molecular flexibility index (Phi) is 8.35. The number of hydrogen-bond donors (Lipinski definition) is 2. The SMILES string of the molecule is Cc1cc(C(O)C(C)Cc2nc(-c3ccc(Cl)cc3Cl)oc2C(C)C)ccc1OC(C)(C)CO. The molecule has 2 unspecified atom stereocenters. The van der Waals surface area contributed by atoms with Crippen LogP contribution in [-0.4, -0.2) is 27.4 Å². The van der Waals surface area contributed by atoms with Crippen LogP contribution in [0.25, 0.3) is 11.5 Å². The molecule has 7 heteroatoms. The summed E-state index contributed by atoms with van der Waals surface area (Å²) in [5.74, 6) is 1.93. The van der Waals surface area contributed by atoms with Crippen molar-refractivity contribution in [2.45, 2.75) is 65.6 Å². The molecular formula is C27H33Cl2NO4. The lowest BCUT2D eigenvalue weighted by Crippen LogP contribution is -2.32. The fourth-order valence-corrected chi connectivity index (χ4v) is 4.27. The maximum atomic E-state index is 11.1. The first-order chi connectivity index (χ1) is 15.9. The van der Waals surface area contributed by atoms with Gasteiger partial charge in [0.1, 0.15) is 17.1 Å². The summed E-state index contributed by atoms with van der Waals surface area (Å²) < 4.78 is 12.0. The Hall–Kier alpha value is -2.05. The first-order valence-electron chi connectivity index (χ1n) is 11.5. The maximum absolute atomic E-state index is 11.1. The molecule has 0 bridgehead atoms. The third-order valence-electron chi connectivity index (χ3n) is 5.78. The summed E-state index contributed by atoms with van der Waals surface area (Å²) >= 11 is 12.4. The van der Waals surface area contributed by atoms with E-state index in [9.17, 15) is 10.2 Å². The zero-order chi connectivity index (χ0) is 25.2. The van der Waals surface area contributed by atoms with E-state index >= 15 is 0 Å². The highest BCUT2D eigenvalue weighted by Gasteiger charge is 2.25. The highest BCUT2D eigenvalue weighted by molar-refractivity contribution is 6.36. The van der Waals surface area contributed by atoms with E-state index in [0.717, 1.165) is 22.6 Å². The molecule has 5 nitrogen and oxygen atoms in total. The number of aliphatic hydroxyl groups is 2. The summed E-state index contributed by atoms with van der Waals surface area (Å²) in [7, 11) is 0. The van der Waals surface area contributed by atoms with Gasteiger partial charge < -0.3 is 19.4 Å². The zero-order valence-electron chi connectivity index (χ0n) is 20.5. The highest BCUT2D eigenvalue weighted by atomic mass is 35.5. The predicted octanol–water partition coefficient (Wildman–Crippen LogP) is 7.14. The van der Waals surface area contributed by atoms with Gasteiger partial charge in [0, 0.05) is 10.9 Å². The van der Waals surface area contributed by atoms with E-state index in [4.69, 9.17) is 37.3 Å². The van der Waals surface area contributed by atoms with E-state index in [0.29, 0.717) is 33.7 Å². The monoisotopic (exact) mass is 505 g/mol. The summed E-state index contributed by atoms with van der Waals surface area (Å²) in [4.78, 5) is 4.74. The number of aromatic nitrogens is 1. The van der Waals surface area contributed by atoms with Gasteiger partial charge in [0.15, 0.2) is 0 Å². The fraction of sp³-hybridized carbons (Fsp3) is 0.444. The van der Waals surface area contributed by atoms with Crippen LogP contribution in [0, 0.1) is 12.8 Å². The number of aryl methyl sites for hydroxylation is 1. The molecule has 2 N–H and O–H groups in total. The van der Waals surface area contributed by atoms with Gasteiger partial charge in [0.2, 0.25) is 5.89 Å². The number of oxazole rings is 1. The lowest BCUT2D eigenvalue weighted by molar-refractivity contribution is 0.0405. The molecule has 0 saturated heterocycles. The van der Waals surface area contributed by atoms with Gasteiger partial charge in [0.05, 0.1) is 29.0 Å². The van der Waals surface area contributed by atoms with Gasteiger partial charge >= 0.3 is 0 Å². The number of ether oxygens (including phenoxy) is 1. The molecule has 1 heterocycles. The first-order valence-corrected chi connectivity index (χ1v) is 12.2. The van der Waals surface area contributed by atoms with Crippen LogP contribution in [0.4, 0.5) is 0 Å². The molecule has 0 aliphatic heterocycles. The molecule has 0 radical (unpaired) electrons. The van der Waals surface area contributed by atoms with E-state index in [-0.39, 0.29) is 18.4 Å². The van der Waals surface area contributed by atoms with Gasteiger partial charge in [-0.25, -0.2) is 4.98 Å². The van der Waals surface area contributed by atoms with Gasteiger partial charge in [-0.1, -0.05) is 50.0 Å². The Morgan fingerprint density at radius 3 is 2.38 bits per heavy atom. The quantitative estimate of drug-likeness (QED) is 0.323. The number of aliphatic hydroxyl groups excluding tert-OH is 2. The van der Waals surface area contributed by atoms with Crippen LogP contribution in [-0.2, 0) is 6.42 Å². The Labute approximate surface area is 211 Å². The molecule has 0 saturated carbocycles. The average molecular weight is 506 g/mol. The molecule has 0 spiro atoms. The minimum Gasteiger partial charge on any atom is -0.485 e. The number of rotatable bonds is 9. The van der Waals surface area contributed by atoms with E-state index in [1.165, 1.54) is 0 Å². The summed E-state index contributed by atoms with van der Waals surface area (Å²) in [6.45, 7) is 11.6. The second kappa shape index (κ2) is 10.7. The molecule has 0 aliphatic rings. The van der Waals surface area contributed by atoms with Crippen molar-refractivity contribution < 1.29 is 19.4 Å². The third kappa shape index (κ3) is 6.14. The molecule has 3 aromatic rings. The molecule has 184 valence electrons. The Balaban J connectivity index is 1.82. The minimum absolute atomic E-state index is 0.0903. The van der Waals surface area contributed by atoms with Crippen molar-refractivity contribution in [2.24, 2.45) is 5.92 Å². The van der Waals surface area contributed by atoms with Crippen molar-refractivity contribution in [2.75, 3.05) is 6.61 Å². The molecule has 2 atom stereocenters. The molecule has 1 aromatic heterocycles. The maximum Gasteiger partial charge on any atom is 0.228 e. The zero-order valence-corrected chi connectivity index (χ0v) is 22.0. The number of nitrogens with zero attached hydrogens (tertiary/aromatic N) is 1. The van der Waals surface area contributed by atoms with E-state index in [1.807, 2.05) is 59.7 Å². The normalized spacial score (nSPS) is 13.9. The number of hydrogen-bond acceptors (Lipinski definition) is 5. The van der Waals surface area contributed by atoms with Crippen LogP contribution in [0.3, 0.4) is 0 Å². The minimum atomic E-state index is -0.696. The van der Waals surface area contributed by atoms with Crippen LogP contribution in [0.2, 0.25) is 10.0 Å². The van der Waals surface area contributed by atoms with Crippen molar-refractivity contribution in [1.29, 1.82) is 0 Å². The fourth-order valence-electron chi connectivity index (χ4n) is 3.79. The molecular weight excluding hydrogens is 473 g/mol. The standard InChI is InChI=1S/C27H33Cl2NO4/c1-15(2)25-22(30-26(33-25)20-9-8-19(28)13-21(20)29)12-17(4)24(32)18-7-10-23(16(3)11-18)34-27(5,6)14-31/h7-11,13,15,17,24,31-32H,12,14H2,1-6H3. The van der Waals surface area contributed by atoms with E-state index in [1.54, 1.807) is 18.2 Å². The van der Waals surface area contributed by atoms with Gasteiger partial charge in [-0.3, -0.25) is 0 Å². The van der Waals surface area contributed by atoms with E-state index in [2.05, 4.69) is 0 Å². The summed E-state index contributed by atoms with van der Waals surface area (Å²) in [6, 6.07) is 10.9. The Morgan fingerprint density at radius 1 is 1.09 bits per heavy atom. The van der Waals surface area contributed by atoms with Gasteiger partial charge in [0.25, 0.3) is 0 Å². The van der Waals surface area contributed by atoms with Gasteiger partial charge in [-0.15, -0.1) is 0 Å². The van der Waals surface area contributed by atoms with Crippen molar-refractivity contribution in [1.82, 2.24) is 4.98 Å². The molecule has 0 amide bonds. The summed E-state index contributed by atoms with van der Waals surface area (Å²) in [6.07, 6.45) is -0.156. The van der Waals surface area contributed by atoms with Crippen LogP contribution >= 0.6 is 23.2 Å². The second-order valence-corrected chi connectivity index (χ2v) is 10.6. The van der Waals surface area contributed by atoms with Crippen molar-refractivity contribution in [3.8, 4) is 17.2 Å². The van der Waals surface area contributed by atoms with E-state index < -0.39 is 11.7 Å². The molecule has 0 aliphatic carbocycles.